The molecule has 0 bridgehead atoms. The Morgan fingerprint density at radius 3 is 2.46 bits per heavy atom. The maximum Gasteiger partial charge on any atom is 0.248 e. The number of nitrogens with one attached hydrogen (secondary N) is 2. The van der Waals surface area contributed by atoms with Crippen molar-refractivity contribution < 1.29 is 14.6 Å². The van der Waals surface area contributed by atoms with Crippen LogP contribution in [-0.2, 0) is 4.79 Å². The van der Waals surface area contributed by atoms with Crippen LogP contribution in [0.4, 0.5) is 11.4 Å². The largest absolute Gasteiger partial charge is 0.488 e. The summed E-state index contributed by atoms with van der Waals surface area (Å²) >= 11 is 0. The molecule has 2 aromatic carbocycles. The average molecular weight is 557 g/mol. The van der Waals surface area contributed by atoms with Gasteiger partial charge in [-0.2, -0.15) is 0 Å². The molecule has 0 aliphatic carbocycles. The Labute approximate surface area is 239 Å². The molecule has 0 unspecified atom stereocenters. The third kappa shape index (κ3) is 5.68. The zero-order valence-electron chi connectivity index (χ0n) is 23.5. The number of aromatic nitrogens is 4. The minimum atomic E-state index is -0.450. The third-order valence-electron chi connectivity index (χ3n) is 8.04. The fourth-order valence-corrected chi connectivity index (χ4v) is 5.56. The van der Waals surface area contributed by atoms with E-state index in [4.69, 9.17) is 14.8 Å². The van der Waals surface area contributed by atoms with Crippen LogP contribution in [-0.4, -0.2) is 107 Å². The number of rotatable bonds is 7. The van der Waals surface area contributed by atoms with Crippen LogP contribution in [0.25, 0.3) is 33.8 Å². The third-order valence-corrected chi connectivity index (χ3v) is 8.04. The number of likely N-dealkylation sites (N-methyl/N-ethyl adjacent to an activating group) is 1. The number of piperazine rings is 1. The molecule has 2 aliphatic rings. The standard InChI is InChI=1S/C30H36N8O3/c1-31-24-17-21(5-8-25(24)41-23-9-11-38(12-10-23)26(40)18-39)27-28-30(33-19-32-27)35-29(34-28)20-3-6-22(7-4-20)37-15-13-36(2)14-16-37/h3-8,17,19,23,31,39H,9-16,18H2,1-2H3,(H,32,33,34,35). The number of fused-ring (bicyclic) bond motifs is 1. The molecule has 41 heavy (non-hydrogen) atoms. The number of nitrogens with zero attached hydrogens (tertiary/aromatic N) is 6. The summed E-state index contributed by atoms with van der Waals surface area (Å²) in [6, 6.07) is 14.5. The lowest BCUT2D eigenvalue weighted by Crippen LogP contribution is -2.44. The van der Waals surface area contributed by atoms with Gasteiger partial charge in [0.15, 0.2) is 5.65 Å². The molecule has 4 heterocycles. The molecule has 2 saturated heterocycles. The molecule has 0 radical (unpaired) electrons. The first-order valence-electron chi connectivity index (χ1n) is 14.1. The molecule has 11 nitrogen and oxygen atoms in total. The average Bonchev–Trinajstić information content (AvgIpc) is 3.46. The van der Waals surface area contributed by atoms with Crippen molar-refractivity contribution in [1.29, 1.82) is 0 Å². The van der Waals surface area contributed by atoms with Gasteiger partial charge in [-0.05, 0) is 49.5 Å². The topological polar surface area (TPSA) is 123 Å². The van der Waals surface area contributed by atoms with Crippen molar-refractivity contribution in [2.45, 2.75) is 18.9 Å². The Hall–Kier alpha value is -4.22. The number of imidazole rings is 1. The number of likely N-dealkylation sites (tertiary alicyclic amines) is 1. The summed E-state index contributed by atoms with van der Waals surface area (Å²) in [6.45, 7) is 4.91. The van der Waals surface area contributed by atoms with E-state index in [0.717, 1.165) is 78.6 Å². The summed E-state index contributed by atoms with van der Waals surface area (Å²) in [5.74, 6) is 1.27. The van der Waals surface area contributed by atoms with Gasteiger partial charge in [0.25, 0.3) is 0 Å². The van der Waals surface area contributed by atoms with Crippen LogP contribution < -0.4 is 15.0 Å². The monoisotopic (exact) mass is 556 g/mol. The van der Waals surface area contributed by atoms with Crippen molar-refractivity contribution in [3.05, 3.63) is 48.8 Å². The fourth-order valence-electron chi connectivity index (χ4n) is 5.56. The van der Waals surface area contributed by atoms with Crippen molar-refractivity contribution in [3.63, 3.8) is 0 Å². The number of carbonyl (C=O) groups excluding carboxylic acids is 1. The Bertz CT molecular complexity index is 1510. The van der Waals surface area contributed by atoms with E-state index in [0.29, 0.717) is 18.7 Å². The SMILES string of the molecule is CNc1cc(-c2ncnc3nc(-c4ccc(N5CCN(C)CC5)cc4)[nH]c23)ccc1OC1CCN(C(=O)CO)CC1. The number of aliphatic hydroxyl groups is 1. The summed E-state index contributed by atoms with van der Waals surface area (Å²) in [7, 11) is 4.03. The molecule has 6 rings (SSSR count). The Balaban J connectivity index is 1.20. The van der Waals surface area contributed by atoms with E-state index in [1.807, 2.05) is 25.2 Å². The quantitative estimate of drug-likeness (QED) is 0.315. The fraction of sp³-hybridized carbons (Fsp3) is 0.400. The van der Waals surface area contributed by atoms with Crippen LogP contribution in [0.3, 0.4) is 0 Å². The second-order valence-electron chi connectivity index (χ2n) is 10.7. The Morgan fingerprint density at radius 2 is 1.76 bits per heavy atom. The van der Waals surface area contributed by atoms with Crippen LogP contribution in [0.15, 0.2) is 48.8 Å². The molecule has 11 heteroatoms. The van der Waals surface area contributed by atoms with E-state index in [-0.39, 0.29) is 12.0 Å². The summed E-state index contributed by atoms with van der Waals surface area (Å²) in [5, 5.41) is 12.4. The number of amides is 1. The first-order valence-corrected chi connectivity index (χ1v) is 14.1. The first kappa shape index (κ1) is 27.0. The van der Waals surface area contributed by atoms with Crippen LogP contribution in [0, 0.1) is 0 Å². The summed E-state index contributed by atoms with van der Waals surface area (Å²) in [5.41, 5.74) is 6.15. The molecule has 0 spiro atoms. The second-order valence-corrected chi connectivity index (χ2v) is 10.7. The number of anilines is 2. The van der Waals surface area contributed by atoms with Gasteiger partial charge < -0.3 is 34.8 Å². The highest BCUT2D eigenvalue weighted by molar-refractivity contribution is 5.90. The lowest BCUT2D eigenvalue weighted by molar-refractivity contribution is -0.135. The number of H-pyrrole nitrogens is 1. The van der Waals surface area contributed by atoms with E-state index in [2.05, 4.69) is 61.4 Å². The number of hydrogen-bond donors (Lipinski definition) is 3. The van der Waals surface area contributed by atoms with Gasteiger partial charge >= 0.3 is 0 Å². The van der Waals surface area contributed by atoms with Crippen LogP contribution in [0.5, 0.6) is 5.75 Å². The highest BCUT2D eigenvalue weighted by atomic mass is 16.5. The highest BCUT2D eigenvalue weighted by Gasteiger charge is 2.24. The molecule has 1 amide bonds. The lowest BCUT2D eigenvalue weighted by Gasteiger charge is -2.34. The normalized spacial score (nSPS) is 16.8. The first-order chi connectivity index (χ1) is 20.0. The van der Waals surface area contributed by atoms with Crippen molar-refractivity contribution in [2.24, 2.45) is 0 Å². The molecule has 0 atom stereocenters. The Kier molecular flexibility index (Phi) is 7.71. The van der Waals surface area contributed by atoms with Gasteiger partial charge in [0.05, 0.1) is 11.4 Å². The smallest absolute Gasteiger partial charge is 0.248 e. The van der Waals surface area contributed by atoms with E-state index in [1.165, 1.54) is 5.69 Å². The molecule has 0 saturated carbocycles. The maximum atomic E-state index is 11.8. The van der Waals surface area contributed by atoms with Crippen LogP contribution in [0.2, 0.25) is 0 Å². The zero-order valence-corrected chi connectivity index (χ0v) is 23.5. The second kappa shape index (κ2) is 11.7. The highest BCUT2D eigenvalue weighted by Crippen LogP contribution is 2.34. The van der Waals surface area contributed by atoms with Gasteiger partial charge in [0.1, 0.15) is 36.1 Å². The Morgan fingerprint density at radius 1 is 1.02 bits per heavy atom. The van der Waals surface area contributed by atoms with Crippen LogP contribution >= 0.6 is 0 Å². The molecular formula is C30H36N8O3. The van der Waals surface area contributed by atoms with Crippen LogP contribution in [0.1, 0.15) is 12.8 Å². The minimum Gasteiger partial charge on any atom is -0.488 e. The van der Waals surface area contributed by atoms with Gasteiger partial charge in [-0.25, -0.2) is 15.0 Å². The number of hydrogen-bond acceptors (Lipinski definition) is 9. The van der Waals surface area contributed by atoms with Crippen molar-refractivity contribution in [3.8, 4) is 28.4 Å². The summed E-state index contributed by atoms with van der Waals surface area (Å²) in [4.78, 5) is 35.5. The van der Waals surface area contributed by atoms with Gasteiger partial charge in [-0.3, -0.25) is 4.79 Å². The maximum absolute atomic E-state index is 11.8. The van der Waals surface area contributed by atoms with E-state index < -0.39 is 6.61 Å². The number of carbonyl (C=O) groups is 1. The number of piperidine rings is 1. The minimum absolute atomic E-state index is 0.000689. The summed E-state index contributed by atoms with van der Waals surface area (Å²) < 4.78 is 6.32. The number of aliphatic hydroxyl groups excluding tert-OH is 1. The molecular weight excluding hydrogens is 520 g/mol. The van der Waals surface area contributed by atoms with Crippen molar-refractivity contribution in [1.82, 2.24) is 29.7 Å². The number of benzene rings is 2. The lowest BCUT2D eigenvalue weighted by atomic mass is 10.1. The molecule has 2 fully saturated rings. The van der Waals surface area contributed by atoms with Gasteiger partial charge in [-0.1, -0.05) is 0 Å². The van der Waals surface area contributed by atoms with E-state index >= 15 is 0 Å². The summed E-state index contributed by atoms with van der Waals surface area (Å²) in [6.07, 6.45) is 2.98. The number of ether oxygens (including phenoxy) is 1. The van der Waals surface area contributed by atoms with Gasteiger partial charge in [0.2, 0.25) is 5.91 Å². The van der Waals surface area contributed by atoms with Gasteiger partial charge in [-0.15, -0.1) is 0 Å². The number of aromatic amines is 1. The molecule has 3 N–H and O–H groups in total. The molecule has 2 aromatic heterocycles. The van der Waals surface area contributed by atoms with Gasteiger partial charge in [0, 0.05) is 76.0 Å². The van der Waals surface area contributed by atoms with E-state index in [9.17, 15) is 4.79 Å². The molecule has 214 valence electrons. The molecule has 2 aliphatic heterocycles. The molecule has 4 aromatic rings. The van der Waals surface area contributed by atoms with E-state index in [1.54, 1.807) is 11.2 Å². The van der Waals surface area contributed by atoms with Crippen molar-refractivity contribution in [2.75, 3.05) is 70.2 Å². The predicted molar refractivity (Wildman–Crippen MR) is 159 cm³/mol. The zero-order chi connectivity index (χ0) is 28.3. The van der Waals surface area contributed by atoms with Crippen molar-refractivity contribution >= 4 is 28.4 Å². The predicted octanol–water partition coefficient (Wildman–Crippen LogP) is 2.84.